The summed E-state index contributed by atoms with van der Waals surface area (Å²) in [4.78, 5) is 33.5. The highest BCUT2D eigenvalue weighted by molar-refractivity contribution is 5.96. The van der Waals surface area contributed by atoms with Crippen molar-refractivity contribution in [2.24, 2.45) is 0 Å². The molecule has 0 unspecified atom stereocenters. The van der Waals surface area contributed by atoms with Gasteiger partial charge in [0.05, 0.1) is 6.61 Å². The van der Waals surface area contributed by atoms with Gasteiger partial charge in [0.2, 0.25) is 5.91 Å². The van der Waals surface area contributed by atoms with Crippen LogP contribution in [0.2, 0.25) is 0 Å². The van der Waals surface area contributed by atoms with Gasteiger partial charge in [-0.05, 0) is 55.2 Å². The van der Waals surface area contributed by atoms with Gasteiger partial charge in [-0.25, -0.2) is 0 Å². The minimum atomic E-state index is -0.803. The number of nitrogens with zero attached hydrogens (tertiary/aromatic N) is 2. The number of carbonyl (C=O) groups excluding carboxylic acids is 2. The van der Waals surface area contributed by atoms with Crippen LogP contribution in [0.4, 0.5) is 0 Å². The number of nitrogens with one attached hydrogen (secondary N) is 1. The minimum Gasteiger partial charge on any atom is -0.494 e. The Morgan fingerprint density at radius 1 is 0.971 bits per heavy atom. The van der Waals surface area contributed by atoms with Crippen LogP contribution >= 0.6 is 0 Å². The Morgan fingerprint density at radius 2 is 1.69 bits per heavy atom. The van der Waals surface area contributed by atoms with Gasteiger partial charge in [-0.1, -0.05) is 67.8 Å². The summed E-state index contributed by atoms with van der Waals surface area (Å²) in [6.45, 7) is 2.77. The van der Waals surface area contributed by atoms with Gasteiger partial charge in [-0.3, -0.25) is 14.6 Å². The summed E-state index contributed by atoms with van der Waals surface area (Å²) in [5.41, 5.74) is 1.99. The van der Waals surface area contributed by atoms with Gasteiger partial charge in [-0.15, -0.1) is 0 Å². The van der Waals surface area contributed by atoms with Gasteiger partial charge < -0.3 is 15.0 Å². The molecule has 1 saturated carbocycles. The normalized spacial score (nSPS) is 14.7. The molecule has 182 valence electrons. The van der Waals surface area contributed by atoms with Crippen molar-refractivity contribution < 1.29 is 14.3 Å². The summed E-state index contributed by atoms with van der Waals surface area (Å²) >= 11 is 0. The van der Waals surface area contributed by atoms with Crippen molar-refractivity contribution in [2.75, 3.05) is 6.61 Å². The predicted molar refractivity (Wildman–Crippen MR) is 136 cm³/mol. The molecule has 3 aromatic rings. The van der Waals surface area contributed by atoms with Gasteiger partial charge in [0.25, 0.3) is 5.91 Å². The van der Waals surface area contributed by atoms with Gasteiger partial charge in [0, 0.05) is 18.8 Å². The summed E-state index contributed by atoms with van der Waals surface area (Å²) in [6, 6.07) is 21.8. The Labute approximate surface area is 207 Å². The molecule has 1 fully saturated rings. The van der Waals surface area contributed by atoms with Crippen LogP contribution in [-0.2, 0) is 11.3 Å². The van der Waals surface area contributed by atoms with Crippen molar-refractivity contribution in [1.29, 1.82) is 0 Å². The third-order valence-electron chi connectivity index (χ3n) is 6.36. The number of rotatable bonds is 9. The second-order valence-corrected chi connectivity index (χ2v) is 8.88. The molecular formula is C29H33N3O3. The van der Waals surface area contributed by atoms with Crippen molar-refractivity contribution in [1.82, 2.24) is 15.2 Å². The number of aromatic nitrogens is 1. The highest BCUT2D eigenvalue weighted by Crippen LogP contribution is 2.28. The van der Waals surface area contributed by atoms with Crippen molar-refractivity contribution in [2.45, 2.75) is 57.7 Å². The van der Waals surface area contributed by atoms with Crippen molar-refractivity contribution in [3.8, 4) is 5.75 Å². The number of hydrogen-bond donors (Lipinski definition) is 1. The molecule has 1 atom stereocenters. The number of carbonyl (C=O) groups is 2. The SMILES string of the molecule is CCOc1ccc([C@H](C(=O)NC2CCCCC2)N(Cc2ccccc2)C(=O)c2ccccn2)cc1. The second kappa shape index (κ2) is 12.2. The maximum absolute atomic E-state index is 13.8. The van der Waals surface area contributed by atoms with Crippen LogP contribution in [0.15, 0.2) is 79.0 Å². The van der Waals surface area contributed by atoms with E-state index in [4.69, 9.17) is 4.74 Å². The molecule has 6 heteroatoms. The van der Waals surface area contributed by atoms with E-state index in [1.165, 1.54) is 6.42 Å². The first-order valence-electron chi connectivity index (χ1n) is 12.4. The van der Waals surface area contributed by atoms with Crippen LogP contribution in [-0.4, -0.2) is 34.3 Å². The number of ether oxygens (including phenoxy) is 1. The van der Waals surface area contributed by atoms with Crippen LogP contribution in [0.3, 0.4) is 0 Å². The molecule has 6 nitrogen and oxygen atoms in total. The van der Waals surface area contributed by atoms with Gasteiger partial charge in [-0.2, -0.15) is 0 Å². The van der Waals surface area contributed by atoms with Crippen LogP contribution in [0.1, 0.15) is 66.7 Å². The lowest BCUT2D eigenvalue weighted by molar-refractivity contribution is -0.127. The maximum Gasteiger partial charge on any atom is 0.273 e. The Kier molecular flexibility index (Phi) is 8.49. The molecule has 0 aliphatic heterocycles. The average molecular weight is 472 g/mol. The number of benzene rings is 2. The van der Waals surface area contributed by atoms with Crippen LogP contribution in [0.25, 0.3) is 0 Å². The second-order valence-electron chi connectivity index (χ2n) is 8.88. The Hall–Kier alpha value is -3.67. The Bertz CT molecular complexity index is 1080. The van der Waals surface area contributed by atoms with E-state index < -0.39 is 6.04 Å². The maximum atomic E-state index is 13.8. The number of hydrogen-bond acceptors (Lipinski definition) is 4. The molecule has 2 amide bonds. The summed E-state index contributed by atoms with van der Waals surface area (Å²) in [5, 5.41) is 3.25. The van der Waals surface area contributed by atoms with Crippen molar-refractivity contribution in [3.63, 3.8) is 0 Å². The van der Waals surface area contributed by atoms with E-state index in [0.29, 0.717) is 12.3 Å². The van der Waals surface area contributed by atoms with E-state index in [1.807, 2.05) is 61.5 Å². The van der Waals surface area contributed by atoms with Crippen molar-refractivity contribution in [3.05, 3.63) is 95.8 Å². The molecule has 0 radical (unpaired) electrons. The molecule has 4 rings (SSSR count). The first kappa shape index (κ1) is 24.5. The zero-order valence-corrected chi connectivity index (χ0v) is 20.2. The molecular weight excluding hydrogens is 438 g/mol. The lowest BCUT2D eigenvalue weighted by Gasteiger charge is -2.33. The Balaban J connectivity index is 1.72. The van der Waals surface area contributed by atoms with Gasteiger partial charge in [0.15, 0.2) is 0 Å². The quantitative estimate of drug-likeness (QED) is 0.459. The molecule has 1 aliphatic carbocycles. The molecule has 1 aromatic heterocycles. The molecule has 0 bridgehead atoms. The lowest BCUT2D eigenvalue weighted by atomic mass is 9.94. The Morgan fingerprint density at radius 3 is 2.34 bits per heavy atom. The molecule has 2 aromatic carbocycles. The zero-order chi connectivity index (χ0) is 24.5. The van der Waals surface area contributed by atoms with Crippen LogP contribution in [0, 0.1) is 0 Å². The largest absolute Gasteiger partial charge is 0.494 e. The summed E-state index contributed by atoms with van der Waals surface area (Å²) in [5.74, 6) is 0.279. The molecule has 0 saturated heterocycles. The monoisotopic (exact) mass is 471 g/mol. The zero-order valence-electron chi connectivity index (χ0n) is 20.2. The minimum absolute atomic E-state index is 0.130. The first-order chi connectivity index (χ1) is 17.2. The fourth-order valence-electron chi connectivity index (χ4n) is 4.61. The number of amides is 2. The van der Waals surface area contributed by atoms with E-state index in [0.717, 1.165) is 42.6 Å². The van der Waals surface area contributed by atoms with E-state index in [1.54, 1.807) is 29.3 Å². The predicted octanol–water partition coefficient (Wildman–Crippen LogP) is 5.31. The van der Waals surface area contributed by atoms with E-state index in [-0.39, 0.29) is 24.4 Å². The molecule has 1 N–H and O–H groups in total. The van der Waals surface area contributed by atoms with Gasteiger partial charge in [0.1, 0.15) is 17.5 Å². The molecule has 0 spiro atoms. The topological polar surface area (TPSA) is 71.5 Å². The van der Waals surface area contributed by atoms with E-state index in [2.05, 4.69) is 10.3 Å². The highest BCUT2D eigenvalue weighted by atomic mass is 16.5. The van der Waals surface area contributed by atoms with Gasteiger partial charge >= 0.3 is 0 Å². The smallest absolute Gasteiger partial charge is 0.273 e. The van der Waals surface area contributed by atoms with E-state index in [9.17, 15) is 9.59 Å². The van der Waals surface area contributed by atoms with E-state index >= 15 is 0 Å². The number of pyridine rings is 1. The van der Waals surface area contributed by atoms with Crippen LogP contribution in [0.5, 0.6) is 5.75 Å². The lowest BCUT2D eigenvalue weighted by Crippen LogP contribution is -2.47. The average Bonchev–Trinajstić information content (AvgIpc) is 2.91. The fraction of sp³-hybridized carbons (Fsp3) is 0.345. The summed E-state index contributed by atoms with van der Waals surface area (Å²) < 4.78 is 5.60. The van der Waals surface area contributed by atoms with Crippen molar-refractivity contribution >= 4 is 11.8 Å². The summed E-state index contributed by atoms with van der Waals surface area (Å²) in [7, 11) is 0. The standard InChI is InChI=1S/C29H33N3O3/c1-2-35-25-18-16-23(17-19-25)27(28(33)31-24-13-7-4-8-14-24)32(21-22-11-5-3-6-12-22)29(34)26-15-9-10-20-30-26/h3,5-6,9-12,15-20,24,27H,2,4,7-8,13-14,21H2,1H3,(H,31,33)/t27-/m1/s1. The molecule has 1 heterocycles. The fourth-order valence-corrected chi connectivity index (χ4v) is 4.61. The molecule has 1 aliphatic rings. The summed E-state index contributed by atoms with van der Waals surface area (Å²) in [6.07, 6.45) is 6.96. The first-order valence-corrected chi connectivity index (χ1v) is 12.4. The highest BCUT2D eigenvalue weighted by Gasteiger charge is 2.34. The molecule has 35 heavy (non-hydrogen) atoms. The third-order valence-corrected chi connectivity index (χ3v) is 6.36. The third kappa shape index (κ3) is 6.47. The van der Waals surface area contributed by atoms with Crippen LogP contribution < -0.4 is 10.1 Å².